The van der Waals surface area contributed by atoms with Gasteiger partial charge in [-0.2, -0.15) is 5.10 Å². The molecule has 1 aromatic carbocycles. The van der Waals surface area contributed by atoms with Crippen LogP contribution in [0.1, 0.15) is 11.1 Å². The number of rotatable bonds is 4. The van der Waals surface area contributed by atoms with Crippen LogP contribution < -0.4 is 5.32 Å². The maximum absolute atomic E-state index is 5.31. The van der Waals surface area contributed by atoms with Crippen LogP contribution >= 0.6 is 0 Å². The minimum atomic E-state index is 0.753. The van der Waals surface area contributed by atoms with E-state index in [1.54, 1.807) is 6.26 Å². The van der Waals surface area contributed by atoms with E-state index in [1.165, 1.54) is 11.1 Å². The lowest BCUT2D eigenvalue weighted by Gasteiger charge is -2.03. The summed E-state index contributed by atoms with van der Waals surface area (Å²) in [4.78, 5) is 0. The van der Waals surface area contributed by atoms with Crippen molar-refractivity contribution in [2.45, 2.75) is 13.5 Å². The summed E-state index contributed by atoms with van der Waals surface area (Å²) in [5.41, 5.74) is 3.37. The number of hydrogen-bond donors (Lipinski definition) is 2. The molecule has 0 aliphatic heterocycles. The Labute approximate surface area is 111 Å². The molecule has 2 N–H and O–H groups in total. The molecule has 19 heavy (non-hydrogen) atoms. The van der Waals surface area contributed by atoms with Crippen LogP contribution in [0.15, 0.2) is 53.1 Å². The van der Waals surface area contributed by atoms with Gasteiger partial charge >= 0.3 is 0 Å². The summed E-state index contributed by atoms with van der Waals surface area (Å²) in [6.07, 6.45) is 1.65. The van der Waals surface area contributed by atoms with Gasteiger partial charge in [0.2, 0.25) is 0 Å². The number of aryl methyl sites for hydroxylation is 1. The van der Waals surface area contributed by atoms with Gasteiger partial charge in [0, 0.05) is 12.6 Å². The summed E-state index contributed by atoms with van der Waals surface area (Å²) in [5.74, 6) is 1.60. The molecule has 0 aliphatic rings. The molecule has 0 saturated carbocycles. The van der Waals surface area contributed by atoms with Crippen molar-refractivity contribution in [3.05, 3.63) is 59.9 Å². The molecule has 0 saturated heterocycles. The van der Waals surface area contributed by atoms with Crippen LogP contribution in [0.4, 0.5) is 5.82 Å². The molecule has 0 radical (unpaired) electrons. The first kappa shape index (κ1) is 11.6. The monoisotopic (exact) mass is 253 g/mol. The van der Waals surface area contributed by atoms with Crippen LogP contribution in [0.2, 0.25) is 0 Å². The molecule has 0 fully saturated rings. The third-order valence-electron chi connectivity index (χ3n) is 2.96. The van der Waals surface area contributed by atoms with Crippen molar-refractivity contribution in [3.8, 4) is 11.5 Å². The van der Waals surface area contributed by atoms with E-state index in [0.717, 1.165) is 23.8 Å². The Morgan fingerprint density at radius 1 is 1.21 bits per heavy atom. The zero-order valence-corrected chi connectivity index (χ0v) is 10.7. The first-order chi connectivity index (χ1) is 9.31. The molecule has 0 spiro atoms. The maximum Gasteiger partial charge on any atom is 0.151 e. The van der Waals surface area contributed by atoms with Gasteiger partial charge in [0.1, 0.15) is 11.5 Å². The van der Waals surface area contributed by atoms with Gasteiger partial charge in [-0.05, 0) is 24.6 Å². The molecule has 4 nitrogen and oxygen atoms in total. The van der Waals surface area contributed by atoms with E-state index < -0.39 is 0 Å². The third-order valence-corrected chi connectivity index (χ3v) is 2.96. The Morgan fingerprint density at radius 3 is 2.79 bits per heavy atom. The van der Waals surface area contributed by atoms with E-state index in [4.69, 9.17) is 4.42 Å². The predicted octanol–water partition coefficient (Wildman–Crippen LogP) is 3.59. The van der Waals surface area contributed by atoms with Gasteiger partial charge in [0.05, 0.1) is 6.26 Å². The van der Waals surface area contributed by atoms with Crippen molar-refractivity contribution in [1.82, 2.24) is 10.2 Å². The highest BCUT2D eigenvalue weighted by molar-refractivity contribution is 5.57. The Hall–Kier alpha value is -2.49. The first-order valence-corrected chi connectivity index (χ1v) is 6.20. The first-order valence-electron chi connectivity index (χ1n) is 6.20. The van der Waals surface area contributed by atoms with E-state index in [9.17, 15) is 0 Å². The number of nitrogens with one attached hydrogen (secondary N) is 2. The minimum Gasteiger partial charge on any atom is -0.463 e. The van der Waals surface area contributed by atoms with E-state index in [-0.39, 0.29) is 0 Å². The fourth-order valence-electron chi connectivity index (χ4n) is 1.87. The second-order valence-corrected chi connectivity index (χ2v) is 4.48. The summed E-state index contributed by atoms with van der Waals surface area (Å²) in [5, 5.41) is 10.4. The lowest BCUT2D eigenvalue weighted by Crippen LogP contribution is -1.99. The van der Waals surface area contributed by atoms with Crippen molar-refractivity contribution in [3.63, 3.8) is 0 Å². The maximum atomic E-state index is 5.31. The van der Waals surface area contributed by atoms with Gasteiger partial charge in [-0.25, -0.2) is 0 Å². The molecule has 2 heterocycles. The lowest BCUT2D eigenvalue weighted by molar-refractivity contribution is 0.580. The summed E-state index contributed by atoms with van der Waals surface area (Å²) >= 11 is 0. The van der Waals surface area contributed by atoms with Crippen LogP contribution in [0.3, 0.4) is 0 Å². The SMILES string of the molecule is Cc1ccc(CNc2cc(-c3ccco3)[nH]n2)cc1. The Kier molecular flexibility index (Phi) is 3.06. The van der Waals surface area contributed by atoms with Crippen molar-refractivity contribution in [2.75, 3.05) is 5.32 Å². The van der Waals surface area contributed by atoms with Crippen LogP contribution in [-0.4, -0.2) is 10.2 Å². The number of nitrogens with zero attached hydrogens (tertiary/aromatic N) is 1. The number of H-pyrrole nitrogens is 1. The Bertz CT molecular complexity index is 638. The van der Waals surface area contributed by atoms with Gasteiger partial charge in [-0.15, -0.1) is 0 Å². The molecule has 3 rings (SSSR count). The van der Waals surface area contributed by atoms with Gasteiger partial charge in [0.25, 0.3) is 0 Å². The standard InChI is InChI=1S/C15H15N3O/c1-11-4-6-12(7-5-11)10-16-15-9-13(17-18-15)14-3-2-8-19-14/h2-9H,10H2,1H3,(H2,16,17,18). The molecule has 0 bridgehead atoms. The number of anilines is 1. The number of hydrogen-bond acceptors (Lipinski definition) is 3. The highest BCUT2D eigenvalue weighted by Crippen LogP contribution is 2.20. The quantitative estimate of drug-likeness (QED) is 0.747. The average Bonchev–Trinajstić information content (AvgIpc) is 3.09. The van der Waals surface area contributed by atoms with Crippen molar-refractivity contribution >= 4 is 5.82 Å². The van der Waals surface area contributed by atoms with Crippen LogP contribution in [0.5, 0.6) is 0 Å². The number of benzene rings is 1. The Morgan fingerprint density at radius 2 is 2.05 bits per heavy atom. The number of furan rings is 1. The topological polar surface area (TPSA) is 53.9 Å². The van der Waals surface area contributed by atoms with E-state index in [0.29, 0.717) is 0 Å². The van der Waals surface area contributed by atoms with E-state index in [1.807, 2.05) is 18.2 Å². The van der Waals surface area contributed by atoms with Crippen molar-refractivity contribution in [2.24, 2.45) is 0 Å². The van der Waals surface area contributed by atoms with Crippen LogP contribution in [0, 0.1) is 6.92 Å². The smallest absolute Gasteiger partial charge is 0.151 e. The zero-order chi connectivity index (χ0) is 13.1. The molecular weight excluding hydrogens is 238 g/mol. The highest BCUT2D eigenvalue weighted by Gasteiger charge is 2.05. The molecule has 0 atom stereocenters. The predicted molar refractivity (Wildman–Crippen MR) is 74.8 cm³/mol. The van der Waals surface area contributed by atoms with Crippen molar-refractivity contribution in [1.29, 1.82) is 0 Å². The summed E-state index contributed by atoms with van der Waals surface area (Å²) < 4.78 is 5.31. The fourth-order valence-corrected chi connectivity index (χ4v) is 1.87. The number of aromatic nitrogens is 2. The average molecular weight is 253 g/mol. The number of aromatic amines is 1. The molecule has 0 aliphatic carbocycles. The lowest BCUT2D eigenvalue weighted by atomic mass is 10.1. The van der Waals surface area contributed by atoms with Gasteiger partial charge in [-0.1, -0.05) is 29.8 Å². The highest BCUT2D eigenvalue weighted by atomic mass is 16.3. The second kappa shape index (κ2) is 5.02. The summed E-state index contributed by atoms with van der Waals surface area (Å²) in [6.45, 7) is 2.84. The molecule has 96 valence electrons. The molecule has 0 unspecified atom stereocenters. The summed E-state index contributed by atoms with van der Waals surface area (Å²) in [7, 11) is 0. The zero-order valence-electron chi connectivity index (χ0n) is 10.7. The molecule has 2 aromatic heterocycles. The normalized spacial score (nSPS) is 10.6. The largest absolute Gasteiger partial charge is 0.463 e. The minimum absolute atomic E-state index is 0.753. The van der Waals surface area contributed by atoms with Crippen LogP contribution in [0.25, 0.3) is 11.5 Å². The molecular formula is C15H15N3O. The van der Waals surface area contributed by atoms with Gasteiger partial charge < -0.3 is 9.73 Å². The van der Waals surface area contributed by atoms with E-state index in [2.05, 4.69) is 46.7 Å². The second-order valence-electron chi connectivity index (χ2n) is 4.48. The van der Waals surface area contributed by atoms with Gasteiger partial charge in [-0.3, -0.25) is 5.10 Å². The van der Waals surface area contributed by atoms with Crippen molar-refractivity contribution < 1.29 is 4.42 Å². The molecule has 4 heteroatoms. The van der Waals surface area contributed by atoms with Crippen LogP contribution in [-0.2, 0) is 6.54 Å². The summed E-state index contributed by atoms with van der Waals surface area (Å²) in [6, 6.07) is 14.1. The van der Waals surface area contributed by atoms with E-state index >= 15 is 0 Å². The fraction of sp³-hybridized carbons (Fsp3) is 0.133. The molecule has 3 aromatic rings. The van der Waals surface area contributed by atoms with Gasteiger partial charge in [0.15, 0.2) is 5.76 Å². The Balaban J connectivity index is 1.66. The molecule has 0 amide bonds. The third kappa shape index (κ3) is 2.68.